The van der Waals surface area contributed by atoms with Crippen LogP contribution < -0.4 is 10.2 Å². The zero-order valence-electron chi connectivity index (χ0n) is 14.1. The van der Waals surface area contributed by atoms with E-state index in [0.29, 0.717) is 0 Å². The first-order valence-electron chi connectivity index (χ1n) is 6.95. The summed E-state index contributed by atoms with van der Waals surface area (Å²) in [4.78, 5) is 21.1. The summed E-state index contributed by atoms with van der Waals surface area (Å²) in [7, 11) is 0. The molecule has 0 aliphatic rings. The van der Waals surface area contributed by atoms with Gasteiger partial charge >= 0.3 is 33.0 Å². The number of hydrogen-bond donors (Lipinski definition) is 0. The molecule has 0 aromatic heterocycles. The van der Waals surface area contributed by atoms with Crippen molar-refractivity contribution in [1.82, 2.24) is 0 Å². The summed E-state index contributed by atoms with van der Waals surface area (Å²) in [5, 5.41) is 21.1. The first-order chi connectivity index (χ1) is 11.4. The Hall–Kier alpha value is -2.00. The van der Waals surface area contributed by atoms with Gasteiger partial charge in [0.1, 0.15) is 0 Å². The van der Waals surface area contributed by atoms with Crippen molar-refractivity contribution in [2.75, 3.05) is 26.4 Å². The van der Waals surface area contributed by atoms with E-state index >= 15 is 0 Å². The fourth-order valence-corrected chi connectivity index (χ4v) is 0.928. The van der Waals surface area contributed by atoms with Crippen molar-refractivity contribution in [1.29, 1.82) is 0 Å². The number of carbonyl (C=O) groups excluding carboxylic acids is 2. The van der Waals surface area contributed by atoms with E-state index < -0.39 is 23.8 Å². The molecular weight excluding hydrogens is 363 g/mol. The van der Waals surface area contributed by atoms with Crippen molar-refractivity contribution in [2.24, 2.45) is 0 Å². The Morgan fingerprint density at radius 2 is 0.958 bits per heavy atom. The molecule has 10 heteroatoms. The van der Waals surface area contributed by atoms with Gasteiger partial charge in [-0.15, -0.1) is 0 Å². The molecule has 0 aromatic rings. The summed E-state index contributed by atoms with van der Waals surface area (Å²) in [6.07, 6.45) is 1.57. The molecule has 137 valence electrons. The molecule has 0 N–H and O–H groups in total. The van der Waals surface area contributed by atoms with E-state index in [-0.39, 0.29) is 26.4 Å². The molecule has 0 saturated heterocycles. The monoisotopic (exact) mass is 385 g/mol. The van der Waals surface area contributed by atoms with Crippen molar-refractivity contribution < 1.29 is 59.8 Å². The van der Waals surface area contributed by atoms with Crippen LogP contribution in [0.5, 0.6) is 0 Å². The van der Waals surface area contributed by atoms with Crippen molar-refractivity contribution in [3.05, 3.63) is 24.0 Å². The van der Waals surface area contributed by atoms with Crippen molar-refractivity contribution in [3.63, 3.8) is 0 Å². The SMILES string of the molecule is CCOC(=O)/C=C(\[O-])OCC.CCOC(=O)/C=C(\[O-])OCC.[O]=[V+2]. The van der Waals surface area contributed by atoms with Gasteiger partial charge in [-0.3, -0.25) is 0 Å². The van der Waals surface area contributed by atoms with Crippen LogP contribution in [0.4, 0.5) is 0 Å². The van der Waals surface area contributed by atoms with Crippen LogP contribution in [0.2, 0.25) is 0 Å². The number of hydrogen-bond acceptors (Lipinski definition) is 9. The molecule has 0 aliphatic heterocycles. The van der Waals surface area contributed by atoms with Gasteiger partial charge in [0.15, 0.2) is 0 Å². The normalized spacial score (nSPS) is 10.2. The predicted molar refractivity (Wildman–Crippen MR) is 73.4 cm³/mol. The Morgan fingerprint density at radius 1 is 0.708 bits per heavy atom. The quantitative estimate of drug-likeness (QED) is 0.306. The summed E-state index contributed by atoms with van der Waals surface area (Å²) >= 11 is 1.06. The topological polar surface area (TPSA) is 134 Å². The van der Waals surface area contributed by atoms with Gasteiger partial charge in [0, 0.05) is 12.2 Å². The molecule has 0 saturated carbocycles. The molecule has 0 rings (SSSR count). The summed E-state index contributed by atoms with van der Waals surface area (Å²) in [6, 6.07) is 0. The minimum atomic E-state index is -0.661. The molecule has 0 bridgehead atoms. The minimum absolute atomic E-state index is 0.259. The molecule has 9 nitrogen and oxygen atoms in total. The molecule has 0 spiro atoms. The zero-order chi connectivity index (χ0) is 19.4. The van der Waals surface area contributed by atoms with Crippen LogP contribution in [-0.4, -0.2) is 38.4 Å². The third-order valence-corrected chi connectivity index (χ3v) is 1.62. The van der Waals surface area contributed by atoms with Crippen LogP contribution in [0.25, 0.3) is 0 Å². The second-order valence-corrected chi connectivity index (χ2v) is 3.30. The van der Waals surface area contributed by atoms with E-state index in [1.807, 2.05) is 0 Å². The Labute approximate surface area is 150 Å². The molecule has 0 heterocycles. The fraction of sp³-hybridized carbons (Fsp3) is 0.571. The van der Waals surface area contributed by atoms with Gasteiger partial charge in [-0.2, -0.15) is 0 Å². The van der Waals surface area contributed by atoms with Crippen LogP contribution in [0.15, 0.2) is 24.0 Å². The van der Waals surface area contributed by atoms with Crippen molar-refractivity contribution in [3.8, 4) is 0 Å². The van der Waals surface area contributed by atoms with Crippen LogP contribution in [0.1, 0.15) is 27.7 Å². The van der Waals surface area contributed by atoms with Crippen molar-refractivity contribution in [2.45, 2.75) is 27.7 Å². The fourth-order valence-electron chi connectivity index (χ4n) is 0.928. The van der Waals surface area contributed by atoms with Gasteiger partial charge in [-0.25, -0.2) is 9.59 Å². The summed E-state index contributed by atoms with van der Waals surface area (Å²) in [6.45, 7) is 7.69. The second-order valence-electron chi connectivity index (χ2n) is 3.30. The zero-order valence-corrected chi connectivity index (χ0v) is 15.5. The first-order valence-corrected chi connectivity index (χ1v) is 7.52. The standard InChI is InChI=1S/2C7H12O4.O.V/c2*1-3-10-6(8)5-7(9)11-4-2;;/h2*5,8H,3-4H2,1-2H3;;/q;;;+2/p-2/b2*6-5+;;. The van der Waals surface area contributed by atoms with Crippen LogP contribution in [0.3, 0.4) is 0 Å². The molecule has 0 radical (unpaired) electrons. The maximum atomic E-state index is 10.5. The van der Waals surface area contributed by atoms with Crippen LogP contribution in [-0.2, 0) is 49.6 Å². The van der Waals surface area contributed by atoms with E-state index in [1.54, 1.807) is 27.7 Å². The van der Waals surface area contributed by atoms with Gasteiger partial charge in [-0.1, -0.05) is 13.8 Å². The Bertz CT molecular complexity index is 358. The van der Waals surface area contributed by atoms with E-state index in [1.165, 1.54) is 0 Å². The molecule has 0 unspecified atom stereocenters. The summed E-state index contributed by atoms with van der Waals surface area (Å²) in [5.74, 6) is -2.64. The third kappa shape index (κ3) is 22.3. The van der Waals surface area contributed by atoms with Gasteiger partial charge in [-0.05, 0) is 27.1 Å². The predicted octanol–water partition coefficient (Wildman–Crippen LogP) is -0.546. The number of rotatable bonds is 8. The number of esters is 2. The number of carbonyl (C=O) groups is 2. The number of ether oxygens (including phenoxy) is 4. The maximum absolute atomic E-state index is 10.5. The van der Waals surface area contributed by atoms with Crippen LogP contribution >= 0.6 is 0 Å². The molecule has 24 heavy (non-hydrogen) atoms. The molecule has 0 amide bonds. The van der Waals surface area contributed by atoms with E-state index in [4.69, 9.17) is 3.67 Å². The van der Waals surface area contributed by atoms with Gasteiger partial charge in [0.25, 0.3) is 0 Å². The first kappa shape index (κ1) is 26.9. The Balaban J connectivity index is -0.000000333. The average Bonchev–Trinajstić information content (AvgIpc) is 2.50. The Kier molecular flexibility index (Phi) is 23.5. The second kappa shape index (κ2) is 21.0. The van der Waals surface area contributed by atoms with E-state index in [2.05, 4.69) is 18.9 Å². The van der Waals surface area contributed by atoms with E-state index in [0.717, 1.165) is 29.5 Å². The molecule has 0 aliphatic carbocycles. The molecular formula is C14H22O9V. The van der Waals surface area contributed by atoms with E-state index in [9.17, 15) is 19.8 Å². The third-order valence-electron chi connectivity index (χ3n) is 1.62. The van der Waals surface area contributed by atoms with Gasteiger partial charge < -0.3 is 29.2 Å². The average molecular weight is 385 g/mol. The summed E-state index contributed by atoms with van der Waals surface area (Å²) < 4.78 is 26.0. The van der Waals surface area contributed by atoms with Crippen LogP contribution in [0, 0.1) is 0 Å². The Morgan fingerprint density at radius 3 is 1.17 bits per heavy atom. The molecule has 0 aromatic carbocycles. The summed E-state index contributed by atoms with van der Waals surface area (Å²) in [5.41, 5.74) is 0. The molecule has 0 atom stereocenters. The van der Waals surface area contributed by atoms with Crippen molar-refractivity contribution >= 4 is 11.9 Å². The van der Waals surface area contributed by atoms with Gasteiger partial charge in [0.2, 0.25) is 0 Å². The molecule has 0 fully saturated rings. The van der Waals surface area contributed by atoms with Gasteiger partial charge in [0.05, 0.1) is 25.1 Å².